The summed E-state index contributed by atoms with van der Waals surface area (Å²) in [6.07, 6.45) is 1.11. The summed E-state index contributed by atoms with van der Waals surface area (Å²) in [4.78, 5) is 14.0. The van der Waals surface area contributed by atoms with Gasteiger partial charge >= 0.3 is 12.6 Å². The first kappa shape index (κ1) is 16.8. The van der Waals surface area contributed by atoms with E-state index in [-0.39, 0.29) is 16.8 Å². The number of piperidine rings is 1. The lowest BCUT2D eigenvalue weighted by Crippen LogP contribution is -2.44. The zero-order valence-electron chi connectivity index (χ0n) is 12.5. The van der Waals surface area contributed by atoms with Crippen molar-refractivity contribution in [2.75, 3.05) is 18.4 Å². The standard InChI is InChI=1S/C15H19ClF2N2O2/c1-9-5-10(2)8-20(7-9)15(21)19-11-3-4-13(12(16)6-11)22-14(17)18/h3-4,6,9-10,14H,5,7-8H2,1-2H3,(H,19,21)/t9-,10-/m1/s1. The van der Waals surface area contributed by atoms with Gasteiger partial charge in [0.1, 0.15) is 5.75 Å². The van der Waals surface area contributed by atoms with Crippen molar-refractivity contribution < 1.29 is 18.3 Å². The first-order chi connectivity index (χ1) is 10.3. The number of anilines is 1. The molecule has 1 saturated heterocycles. The molecule has 1 fully saturated rings. The number of halogens is 3. The predicted molar refractivity (Wildman–Crippen MR) is 81.6 cm³/mol. The van der Waals surface area contributed by atoms with Crippen LogP contribution in [0, 0.1) is 11.8 Å². The average Bonchev–Trinajstić information content (AvgIpc) is 2.40. The lowest BCUT2D eigenvalue weighted by Gasteiger charge is -2.34. The molecule has 1 heterocycles. The molecule has 1 aliphatic heterocycles. The van der Waals surface area contributed by atoms with E-state index in [2.05, 4.69) is 23.9 Å². The number of benzene rings is 1. The van der Waals surface area contributed by atoms with Gasteiger partial charge in [-0.15, -0.1) is 0 Å². The van der Waals surface area contributed by atoms with Gasteiger partial charge in [-0.3, -0.25) is 0 Å². The Bertz CT molecular complexity index is 532. The quantitative estimate of drug-likeness (QED) is 0.888. The fourth-order valence-corrected chi connectivity index (χ4v) is 3.03. The normalized spacial score (nSPS) is 21.8. The van der Waals surface area contributed by atoms with Crippen LogP contribution in [0.15, 0.2) is 18.2 Å². The van der Waals surface area contributed by atoms with Gasteiger partial charge in [0.05, 0.1) is 5.02 Å². The lowest BCUT2D eigenvalue weighted by molar-refractivity contribution is -0.0497. The highest BCUT2D eigenvalue weighted by Gasteiger charge is 2.25. The zero-order valence-corrected chi connectivity index (χ0v) is 13.2. The molecular weight excluding hydrogens is 314 g/mol. The Kier molecular flexibility index (Phi) is 5.45. The van der Waals surface area contributed by atoms with Gasteiger partial charge in [0.2, 0.25) is 0 Å². The molecule has 2 amide bonds. The summed E-state index contributed by atoms with van der Waals surface area (Å²) < 4.78 is 28.6. The van der Waals surface area contributed by atoms with Gasteiger partial charge in [0.15, 0.2) is 0 Å². The monoisotopic (exact) mass is 332 g/mol. The summed E-state index contributed by atoms with van der Waals surface area (Å²) in [6.45, 7) is 2.70. The van der Waals surface area contributed by atoms with Crippen molar-refractivity contribution in [2.45, 2.75) is 26.9 Å². The highest BCUT2D eigenvalue weighted by molar-refractivity contribution is 6.32. The number of nitrogens with zero attached hydrogens (tertiary/aromatic N) is 1. The van der Waals surface area contributed by atoms with Crippen LogP contribution >= 0.6 is 11.6 Å². The molecule has 1 aliphatic rings. The van der Waals surface area contributed by atoms with E-state index in [1.54, 1.807) is 4.90 Å². The summed E-state index contributed by atoms with van der Waals surface area (Å²) in [5.41, 5.74) is 0.447. The number of carbonyl (C=O) groups excluding carboxylic acids is 1. The van der Waals surface area contributed by atoms with Gasteiger partial charge in [-0.1, -0.05) is 25.4 Å². The number of hydrogen-bond acceptors (Lipinski definition) is 2. The van der Waals surface area contributed by atoms with Crippen molar-refractivity contribution in [1.82, 2.24) is 4.90 Å². The van der Waals surface area contributed by atoms with Gasteiger partial charge in [-0.25, -0.2) is 4.79 Å². The molecule has 0 radical (unpaired) electrons. The second kappa shape index (κ2) is 7.13. The molecular formula is C15H19ClF2N2O2. The number of nitrogens with one attached hydrogen (secondary N) is 1. The first-order valence-corrected chi connectivity index (χ1v) is 7.53. The van der Waals surface area contributed by atoms with Gasteiger partial charge in [-0.2, -0.15) is 8.78 Å². The smallest absolute Gasteiger partial charge is 0.387 e. The van der Waals surface area contributed by atoms with Crippen LogP contribution in [0.2, 0.25) is 5.02 Å². The van der Waals surface area contributed by atoms with E-state index >= 15 is 0 Å². The fraction of sp³-hybridized carbons (Fsp3) is 0.533. The van der Waals surface area contributed by atoms with Gasteiger partial charge in [0.25, 0.3) is 0 Å². The maximum absolute atomic E-state index is 12.3. The Hall–Kier alpha value is -1.56. The maximum Gasteiger partial charge on any atom is 0.387 e. The largest absolute Gasteiger partial charge is 0.433 e. The molecule has 2 rings (SSSR count). The van der Waals surface area contributed by atoms with Gasteiger partial charge in [0, 0.05) is 18.8 Å². The minimum atomic E-state index is -2.94. The van der Waals surface area contributed by atoms with Crippen molar-refractivity contribution in [1.29, 1.82) is 0 Å². The first-order valence-electron chi connectivity index (χ1n) is 7.15. The van der Waals surface area contributed by atoms with E-state index in [9.17, 15) is 13.6 Å². The average molecular weight is 333 g/mol. The van der Waals surface area contributed by atoms with Gasteiger partial charge < -0.3 is 15.0 Å². The van der Waals surface area contributed by atoms with Crippen LogP contribution in [0.3, 0.4) is 0 Å². The summed E-state index contributed by atoms with van der Waals surface area (Å²) in [6, 6.07) is 3.98. The minimum Gasteiger partial charge on any atom is -0.433 e. The Morgan fingerprint density at radius 1 is 1.36 bits per heavy atom. The second-order valence-electron chi connectivity index (χ2n) is 5.80. The lowest BCUT2D eigenvalue weighted by atomic mass is 9.92. The maximum atomic E-state index is 12.3. The van der Waals surface area contributed by atoms with E-state index < -0.39 is 6.61 Å². The summed E-state index contributed by atoms with van der Waals surface area (Å²) in [5.74, 6) is 0.801. The second-order valence-corrected chi connectivity index (χ2v) is 6.21. The number of likely N-dealkylation sites (tertiary alicyclic amines) is 1. The zero-order chi connectivity index (χ0) is 16.3. The Balaban J connectivity index is 2.01. The van der Waals surface area contributed by atoms with E-state index in [0.29, 0.717) is 30.6 Å². The molecule has 1 aromatic carbocycles. The molecule has 122 valence electrons. The molecule has 0 unspecified atom stereocenters. The van der Waals surface area contributed by atoms with Crippen LogP contribution in [0.25, 0.3) is 0 Å². The third-order valence-electron chi connectivity index (χ3n) is 3.56. The van der Waals surface area contributed by atoms with Crippen molar-refractivity contribution in [2.24, 2.45) is 11.8 Å². The topological polar surface area (TPSA) is 41.6 Å². The third-order valence-corrected chi connectivity index (χ3v) is 3.85. The third kappa shape index (κ3) is 4.47. The Morgan fingerprint density at radius 2 is 2.00 bits per heavy atom. The number of urea groups is 1. The SMILES string of the molecule is C[C@@H]1C[C@@H](C)CN(C(=O)Nc2ccc(OC(F)F)c(Cl)c2)C1. The molecule has 0 aliphatic carbocycles. The van der Waals surface area contributed by atoms with Crippen molar-refractivity contribution >= 4 is 23.3 Å². The van der Waals surface area contributed by atoms with E-state index in [1.807, 2.05) is 0 Å². The summed E-state index contributed by atoms with van der Waals surface area (Å²) in [7, 11) is 0. The summed E-state index contributed by atoms with van der Waals surface area (Å²) in [5, 5.41) is 2.76. The van der Waals surface area contributed by atoms with E-state index in [0.717, 1.165) is 6.42 Å². The molecule has 22 heavy (non-hydrogen) atoms. The number of amides is 2. The van der Waals surface area contributed by atoms with Crippen LogP contribution < -0.4 is 10.1 Å². The number of ether oxygens (including phenoxy) is 1. The molecule has 4 nitrogen and oxygen atoms in total. The molecule has 0 aromatic heterocycles. The van der Waals surface area contributed by atoms with Crippen LogP contribution in [0.4, 0.5) is 19.3 Å². The Morgan fingerprint density at radius 3 is 2.55 bits per heavy atom. The van der Waals surface area contributed by atoms with Crippen molar-refractivity contribution in [3.05, 3.63) is 23.2 Å². The molecule has 0 saturated carbocycles. The number of hydrogen-bond donors (Lipinski definition) is 1. The molecule has 7 heteroatoms. The van der Waals surface area contributed by atoms with E-state index in [4.69, 9.17) is 11.6 Å². The highest BCUT2D eigenvalue weighted by atomic mass is 35.5. The van der Waals surface area contributed by atoms with Crippen LogP contribution in [0.5, 0.6) is 5.75 Å². The highest BCUT2D eigenvalue weighted by Crippen LogP contribution is 2.29. The molecule has 0 spiro atoms. The molecule has 0 bridgehead atoms. The van der Waals surface area contributed by atoms with Crippen LogP contribution in [-0.4, -0.2) is 30.6 Å². The van der Waals surface area contributed by atoms with Crippen molar-refractivity contribution in [3.63, 3.8) is 0 Å². The number of rotatable bonds is 3. The minimum absolute atomic E-state index is 0.0264. The number of alkyl halides is 2. The predicted octanol–water partition coefficient (Wildman–Crippen LogP) is 4.45. The van der Waals surface area contributed by atoms with Crippen molar-refractivity contribution in [3.8, 4) is 5.75 Å². The van der Waals surface area contributed by atoms with Crippen LogP contribution in [0.1, 0.15) is 20.3 Å². The van der Waals surface area contributed by atoms with Gasteiger partial charge in [-0.05, 0) is 36.5 Å². The Labute approximate surface area is 133 Å². The molecule has 1 N–H and O–H groups in total. The molecule has 1 aromatic rings. The molecule has 2 atom stereocenters. The number of carbonyl (C=O) groups is 1. The van der Waals surface area contributed by atoms with Crippen LogP contribution in [-0.2, 0) is 0 Å². The van der Waals surface area contributed by atoms with E-state index in [1.165, 1.54) is 18.2 Å². The summed E-state index contributed by atoms with van der Waals surface area (Å²) >= 11 is 5.87. The fourth-order valence-electron chi connectivity index (χ4n) is 2.80.